The van der Waals surface area contributed by atoms with E-state index in [1.807, 2.05) is 0 Å². The summed E-state index contributed by atoms with van der Waals surface area (Å²) in [6.45, 7) is 16.0. The van der Waals surface area contributed by atoms with Gasteiger partial charge in [0.2, 0.25) is 0 Å². The Balaban J connectivity index is 1.37. The van der Waals surface area contributed by atoms with Gasteiger partial charge in [0.15, 0.2) is 0 Å². The number of rotatable bonds is 2. The van der Waals surface area contributed by atoms with Crippen LogP contribution in [0.15, 0.2) is 121 Å². The van der Waals surface area contributed by atoms with Crippen LogP contribution in [0.25, 0.3) is 21.5 Å². The summed E-state index contributed by atoms with van der Waals surface area (Å²) in [6.07, 6.45) is 0. The van der Waals surface area contributed by atoms with Gasteiger partial charge in [-0.15, -0.1) is 0 Å². The van der Waals surface area contributed by atoms with Crippen LogP contribution < -0.4 is 25.3 Å². The molecule has 0 unspecified atom stereocenters. The Morgan fingerprint density at radius 2 is 0.904 bits per heavy atom. The predicted octanol–water partition coefficient (Wildman–Crippen LogP) is 11.7. The first kappa shape index (κ1) is 32.0. The van der Waals surface area contributed by atoms with Gasteiger partial charge in [0, 0.05) is 0 Å². The van der Waals surface area contributed by atoms with Crippen LogP contribution in [0.3, 0.4) is 0 Å². The molecule has 256 valence electrons. The summed E-state index contributed by atoms with van der Waals surface area (Å²) in [5.74, 6) is 2.05. The van der Waals surface area contributed by atoms with Crippen molar-refractivity contribution in [3.05, 3.63) is 138 Å². The number of hydrogen-bond donors (Lipinski definition) is 0. The Kier molecular flexibility index (Phi) is 6.55. The van der Waals surface area contributed by atoms with Crippen LogP contribution in [0, 0.1) is 6.92 Å². The first-order valence-corrected chi connectivity index (χ1v) is 25.7. The molecule has 0 fully saturated rings. The number of ether oxygens (including phenoxy) is 1. The van der Waals surface area contributed by atoms with E-state index >= 15 is 0 Å². The molecule has 0 N–H and O–H groups in total. The molecule has 0 saturated heterocycles. The third-order valence-corrected chi connectivity index (χ3v) is 24.6. The van der Waals surface area contributed by atoms with Gasteiger partial charge in [-0.2, -0.15) is 0 Å². The minimum atomic E-state index is -3.84. The average molecular weight is 784 g/mol. The van der Waals surface area contributed by atoms with Gasteiger partial charge in [0.05, 0.1) is 0 Å². The average Bonchev–Trinajstić information content (AvgIpc) is 3.10. The van der Waals surface area contributed by atoms with Crippen molar-refractivity contribution in [3.8, 4) is 11.5 Å². The van der Waals surface area contributed by atoms with E-state index in [2.05, 4.69) is 185 Å². The van der Waals surface area contributed by atoms with E-state index in [1.54, 1.807) is 0 Å². The van der Waals surface area contributed by atoms with Gasteiger partial charge >= 0.3 is 313 Å². The van der Waals surface area contributed by atoms with Gasteiger partial charge in [-0.1, -0.05) is 0 Å². The zero-order valence-electron chi connectivity index (χ0n) is 31.3. The summed E-state index contributed by atoms with van der Waals surface area (Å²) in [5, 5.41) is 4.98. The molecule has 0 spiro atoms. The van der Waals surface area contributed by atoms with Crippen LogP contribution in [-0.4, -0.2) is 18.4 Å². The summed E-state index contributed by atoms with van der Waals surface area (Å²) in [4.78, 5) is 7.84. The zero-order valence-corrected chi connectivity index (χ0v) is 34.2. The van der Waals surface area contributed by atoms with E-state index in [4.69, 9.17) is 4.74 Å². The molecule has 52 heavy (non-hydrogen) atoms. The van der Waals surface area contributed by atoms with Crippen molar-refractivity contribution in [3.63, 3.8) is 0 Å². The molecule has 3 heterocycles. The molecule has 7 aromatic carbocycles. The Morgan fingerprint density at radius 1 is 0.500 bits per heavy atom. The van der Waals surface area contributed by atoms with Gasteiger partial charge in [0.25, 0.3) is 0 Å². The van der Waals surface area contributed by atoms with E-state index in [-0.39, 0.29) is 10.8 Å². The van der Waals surface area contributed by atoms with E-state index in [0.717, 1.165) is 11.5 Å². The predicted molar refractivity (Wildman–Crippen MR) is 224 cm³/mol. The van der Waals surface area contributed by atoms with E-state index < -0.39 is 18.4 Å². The molecule has 4 heteroatoms. The molecule has 0 aromatic heterocycles. The third-order valence-electron chi connectivity index (χ3n) is 11.8. The second kappa shape index (κ2) is 10.7. The number of benzene rings is 7. The minimum absolute atomic E-state index is 0.0658. The maximum absolute atomic E-state index is 7.25. The standard InChI is InChI=1S/C47H41N2O.CH3.Sn/c1-31-24-38-28-39(25-31)49(37-22-18-35(19-23-37)47(5,6)7)45-30-41(27-33-13-9-11-15-43(33)45)50-40-26-32-12-8-10-14-42(32)44(29-40)48(38)36-20-16-34(17-21-36)46(2,3)4;;/h8-27H,1-7H3;1H3;. The summed E-state index contributed by atoms with van der Waals surface area (Å²) in [5.41, 5.74) is 11.7. The zero-order chi connectivity index (χ0) is 35.9. The second-order valence-corrected chi connectivity index (χ2v) is 28.0. The van der Waals surface area contributed by atoms with Crippen molar-refractivity contribution >= 4 is 84.8 Å². The first-order valence-electron chi connectivity index (χ1n) is 18.6. The van der Waals surface area contributed by atoms with Crippen molar-refractivity contribution in [2.75, 3.05) is 9.80 Å². The number of anilines is 6. The summed E-state index contributed by atoms with van der Waals surface area (Å²) in [7, 11) is 0. The van der Waals surface area contributed by atoms with Crippen molar-refractivity contribution in [2.24, 2.45) is 0 Å². The number of hydrogen-bond acceptors (Lipinski definition) is 3. The third kappa shape index (κ3) is 4.32. The number of aryl methyl sites for hydroxylation is 1. The molecule has 0 aliphatic carbocycles. The molecule has 0 atom stereocenters. The Bertz CT molecular complexity index is 2470. The molecule has 3 nitrogen and oxygen atoms in total. The fourth-order valence-electron chi connectivity index (χ4n) is 9.30. The number of fused-ring (bicyclic) bond motifs is 4. The van der Waals surface area contributed by atoms with Gasteiger partial charge in [-0.25, -0.2) is 0 Å². The van der Waals surface area contributed by atoms with Crippen molar-refractivity contribution in [1.82, 2.24) is 0 Å². The van der Waals surface area contributed by atoms with Gasteiger partial charge in [-0.3, -0.25) is 0 Å². The quantitative estimate of drug-likeness (QED) is 0.162. The molecule has 3 aliphatic heterocycles. The molecule has 0 bridgehead atoms. The monoisotopic (exact) mass is 784 g/mol. The van der Waals surface area contributed by atoms with E-state index in [1.165, 1.54) is 83.1 Å². The molecule has 0 radical (unpaired) electrons. The second-order valence-electron chi connectivity index (χ2n) is 17.3. The van der Waals surface area contributed by atoms with Crippen molar-refractivity contribution < 1.29 is 4.74 Å². The van der Waals surface area contributed by atoms with Crippen LogP contribution in [0.1, 0.15) is 58.2 Å². The molecule has 0 saturated carbocycles. The Hall–Kier alpha value is -4.74. The molecule has 10 rings (SSSR count). The fraction of sp³-hybridized carbons (Fsp3) is 0.208. The molecular formula is C48H44N2OSn. The van der Waals surface area contributed by atoms with Crippen LogP contribution in [0.2, 0.25) is 4.94 Å². The number of nitrogens with zero attached hydrogens (tertiary/aromatic N) is 2. The van der Waals surface area contributed by atoms with Gasteiger partial charge in [0.1, 0.15) is 0 Å². The topological polar surface area (TPSA) is 15.7 Å². The molecule has 3 aliphatic rings. The summed E-state index contributed by atoms with van der Waals surface area (Å²) < 4.78 is 11.7. The summed E-state index contributed by atoms with van der Waals surface area (Å²) in [6, 6.07) is 46.1. The molecule has 7 aromatic rings. The van der Waals surface area contributed by atoms with E-state index in [0.29, 0.717) is 0 Å². The first-order chi connectivity index (χ1) is 24.8. The van der Waals surface area contributed by atoms with Crippen molar-refractivity contribution in [2.45, 2.75) is 64.2 Å². The van der Waals surface area contributed by atoms with Gasteiger partial charge in [-0.05, 0) is 0 Å². The van der Waals surface area contributed by atoms with Gasteiger partial charge < -0.3 is 0 Å². The summed E-state index contributed by atoms with van der Waals surface area (Å²) >= 11 is -3.84. The Labute approximate surface area is 311 Å². The van der Waals surface area contributed by atoms with E-state index in [9.17, 15) is 0 Å². The van der Waals surface area contributed by atoms with Crippen LogP contribution in [0.4, 0.5) is 34.1 Å². The molecular weight excluding hydrogens is 739 g/mol. The Morgan fingerprint density at radius 3 is 1.31 bits per heavy atom. The fourth-order valence-corrected chi connectivity index (χ4v) is 23.0. The van der Waals surface area contributed by atoms with Crippen molar-refractivity contribution in [1.29, 1.82) is 0 Å². The normalized spacial score (nSPS) is 15.2. The maximum atomic E-state index is 7.25. The SMILES string of the molecule is Cc1cc2[c]3c(c1)N(c1ccc(C(C)(C)C)cc1)c1[c]4c(cc5ccccc15)Oc1cc5ccccc5c([c]1[Sn]34[CH3])N2c1ccc(C(C)(C)C)cc1. The molecule has 0 amide bonds. The van der Waals surface area contributed by atoms with Crippen LogP contribution in [0.5, 0.6) is 11.5 Å². The van der Waals surface area contributed by atoms with Crippen LogP contribution in [-0.2, 0) is 10.8 Å². The van der Waals surface area contributed by atoms with Crippen LogP contribution >= 0.6 is 0 Å².